The largest absolute Gasteiger partial charge is 0.481 e. The van der Waals surface area contributed by atoms with Gasteiger partial charge in [0.1, 0.15) is 17.6 Å². The van der Waals surface area contributed by atoms with Crippen LogP contribution in [0.4, 0.5) is 0 Å². The first-order valence-electron chi connectivity index (χ1n) is 15.5. The van der Waals surface area contributed by atoms with Crippen LogP contribution >= 0.6 is 0 Å². The molecule has 0 saturated carbocycles. The van der Waals surface area contributed by atoms with Crippen LogP contribution in [0.25, 0.3) is 0 Å². The number of ether oxygens (including phenoxy) is 5. The third-order valence-electron chi connectivity index (χ3n) is 9.59. The average Bonchev–Trinajstić information content (AvgIpc) is 3.39. The molecule has 2 aliphatic heterocycles. The smallest absolute Gasteiger partial charge is 0.348 e. The molecule has 17 heteroatoms. The summed E-state index contributed by atoms with van der Waals surface area (Å²) in [7, 11) is 1.92. The van der Waals surface area contributed by atoms with Crippen molar-refractivity contribution < 1.29 is 78.0 Å². The van der Waals surface area contributed by atoms with E-state index < -0.39 is 90.2 Å². The number of likely N-dealkylation sites (tertiary alicyclic amines) is 1. The first kappa shape index (κ1) is 35.7. The van der Waals surface area contributed by atoms with Crippen molar-refractivity contribution in [2.24, 2.45) is 0 Å². The van der Waals surface area contributed by atoms with Crippen LogP contribution in [0, 0.1) is 0 Å². The molecule has 1 spiro atoms. The highest BCUT2D eigenvalue weighted by atomic mass is 16.6. The van der Waals surface area contributed by atoms with Crippen molar-refractivity contribution in [2.75, 3.05) is 13.6 Å². The fourth-order valence-electron chi connectivity index (χ4n) is 7.24. The number of rotatable bonds is 13. The number of carboxylic acid groups (broad SMARTS) is 2. The van der Waals surface area contributed by atoms with E-state index in [1.165, 1.54) is 6.08 Å². The van der Waals surface area contributed by atoms with Gasteiger partial charge in [-0.1, -0.05) is 12.1 Å². The van der Waals surface area contributed by atoms with E-state index in [1.54, 1.807) is 6.07 Å². The van der Waals surface area contributed by atoms with E-state index in [9.17, 15) is 44.1 Å². The predicted molar refractivity (Wildman–Crippen MR) is 158 cm³/mol. The van der Waals surface area contributed by atoms with Crippen LogP contribution < -0.4 is 4.74 Å². The van der Waals surface area contributed by atoms with E-state index in [-0.39, 0.29) is 24.8 Å². The highest BCUT2D eigenvalue weighted by Gasteiger charge is 2.72. The molecule has 2 heterocycles. The highest BCUT2D eigenvalue weighted by Crippen LogP contribution is 2.64. The van der Waals surface area contributed by atoms with Crippen LogP contribution in [0.5, 0.6) is 5.75 Å². The van der Waals surface area contributed by atoms with Crippen molar-refractivity contribution in [2.45, 2.75) is 100 Å². The number of carbonyl (C=O) groups excluding carboxylic acids is 4. The number of hydrogen-bond acceptors (Lipinski definition) is 15. The molecule has 5 N–H and O–H groups in total. The number of piperidine rings is 1. The number of aliphatic hydroxyl groups is 3. The molecular weight excluding hydrogens is 654 g/mol. The second-order valence-electron chi connectivity index (χ2n) is 12.6. The molecule has 4 aliphatic rings. The third kappa shape index (κ3) is 6.22. The molecule has 0 aromatic heterocycles. The Bertz CT molecular complexity index is 1600. The van der Waals surface area contributed by atoms with Crippen LogP contribution in [0.1, 0.15) is 56.2 Å². The quantitative estimate of drug-likeness (QED) is 0.124. The predicted octanol–water partition coefficient (Wildman–Crippen LogP) is -0.915. The minimum absolute atomic E-state index is 0.0231. The van der Waals surface area contributed by atoms with Gasteiger partial charge in [-0.05, 0) is 51.9 Å². The Morgan fingerprint density at radius 2 is 1.69 bits per heavy atom. The minimum atomic E-state index is -2.09. The number of carbonyl (C=O) groups is 6. The van der Waals surface area contributed by atoms with Gasteiger partial charge >= 0.3 is 35.8 Å². The molecule has 0 amide bonds. The van der Waals surface area contributed by atoms with Gasteiger partial charge in [0.2, 0.25) is 12.2 Å². The van der Waals surface area contributed by atoms with E-state index in [0.29, 0.717) is 30.7 Å². The standard InChI is InChI=1S/C32H37NO16/c1-14(35)28(41)48-20(30(43)45-15(2)29(42)47-19(27(39)40)11-22(36)37)12-23(38)46-18-6-7-32(44)21-10-16-4-5-17(13-34)25-24(16)31(32,26(18)49-25)8-9-33(21)3/h4-6,14-15,19-21,26,34-35,44H,7-13H2,1-3H3,(H,36,37)(H,39,40)/t14-,15-,19+,20-,21+,26-,31-,32+/m0/s1. The van der Waals surface area contributed by atoms with Crippen LogP contribution in [-0.2, 0) is 66.2 Å². The molecule has 1 aromatic carbocycles. The van der Waals surface area contributed by atoms with Gasteiger partial charge in [0.05, 0.1) is 30.5 Å². The van der Waals surface area contributed by atoms with Crippen molar-refractivity contribution in [3.63, 3.8) is 0 Å². The van der Waals surface area contributed by atoms with Gasteiger partial charge in [0.25, 0.3) is 0 Å². The van der Waals surface area contributed by atoms with Crippen molar-refractivity contribution >= 4 is 35.8 Å². The summed E-state index contributed by atoms with van der Waals surface area (Å²) in [6.07, 6.45) is -8.22. The summed E-state index contributed by atoms with van der Waals surface area (Å²) in [6, 6.07) is 3.35. The molecular formula is C32H37NO16. The normalized spacial score (nSPS) is 27.2. The molecule has 49 heavy (non-hydrogen) atoms. The van der Waals surface area contributed by atoms with Crippen LogP contribution in [-0.4, -0.2) is 122 Å². The Labute approximate surface area is 278 Å². The fourth-order valence-corrected chi connectivity index (χ4v) is 7.24. The molecule has 2 bridgehead atoms. The van der Waals surface area contributed by atoms with Crippen molar-refractivity contribution in [3.8, 4) is 5.75 Å². The number of carboxylic acids is 2. The van der Waals surface area contributed by atoms with Gasteiger partial charge in [-0.25, -0.2) is 19.2 Å². The first-order chi connectivity index (χ1) is 23.0. The number of nitrogens with zero attached hydrogens (tertiary/aromatic N) is 1. The number of likely N-dealkylation sites (N-methyl/N-ethyl adjacent to an activating group) is 1. The van der Waals surface area contributed by atoms with Gasteiger partial charge < -0.3 is 54.1 Å². The zero-order valence-corrected chi connectivity index (χ0v) is 26.8. The van der Waals surface area contributed by atoms with Crippen molar-refractivity contribution in [3.05, 3.63) is 40.7 Å². The molecule has 1 saturated heterocycles. The van der Waals surface area contributed by atoms with Gasteiger partial charge in [0.15, 0.2) is 12.2 Å². The molecule has 1 aromatic rings. The highest BCUT2D eigenvalue weighted by molar-refractivity contribution is 5.88. The van der Waals surface area contributed by atoms with Crippen LogP contribution in [0.3, 0.4) is 0 Å². The molecule has 5 rings (SSSR count). The number of aliphatic carboxylic acids is 2. The Balaban J connectivity index is 1.35. The summed E-state index contributed by atoms with van der Waals surface area (Å²) >= 11 is 0. The number of benzene rings is 1. The Kier molecular flexibility index (Phi) is 9.75. The average molecular weight is 692 g/mol. The Hall–Kier alpha value is -4.58. The topological polar surface area (TPSA) is 253 Å². The second-order valence-corrected chi connectivity index (χ2v) is 12.6. The van der Waals surface area contributed by atoms with Gasteiger partial charge in [-0.2, -0.15) is 0 Å². The zero-order chi connectivity index (χ0) is 36.0. The summed E-state index contributed by atoms with van der Waals surface area (Å²) in [5.74, 6) is -8.25. The van der Waals surface area contributed by atoms with Gasteiger partial charge in [-0.15, -0.1) is 0 Å². The summed E-state index contributed by atoms with van der Waals surface area (Å²) in [5, 5.41) is 50.0. The first-order valence-corrected chi connectivity index (χ1v) is 15.5. The van der Waals surface area contributed by atoms with E-state index in [0.717, 1.165) is 25.0 Å². The Morgan fingerprint density at radius 3 is 2.33 bits per heavy atom. The Morgan fingerprint density at radius 1 is 1.00 bits per heavy atom. The van der Waals surface area contributed by atoms with E-state index in [1.807, 2.05) is 13.1 Å². The van der Waals surface area contributed by atoms with Crippen LogP contribution in [0.15, 0.2) is 24.0 Å². The lowest BCUT2D eigenvalue weighted by Crippen LogP contribution is -2.74. The summed E-state index contributed by atoms with van der Waals surface area (Å²) < 4.78 is 26.7. The van der Waals surface area contributed by atoms with Gasteiger partial charge in [-0.3, -0.25) is 9.59 Å². The number of aliphatic hydroxyl groups excluding tert-OH is 2. The van der Waals surface area contributed by atoms with E-state index >= 15 is 0 Å². The fraction of sp³-hybridized carbons (Fsp3) is 0.562. The molecule has 266 valence electrons. The summed E-state index contributed by atoms with van der Waals surface area (Å²) in [5.41, 5.74) is -0.183. The molecule has 17 nitrogen and oxygen atoms in total. The van der Waals surface area contributed by atoms with E-state index in [2.05, 4.69) is 9.64 Å². The van der Waals surface area contributed by atoms with E-state index in [4.69, 9.17) is 29.2 Å². The SMILES string of the molecule is C[C@H](O)C(=O)O[C@@H](CC(=O)OC1=CC[C@@]2(O)[C@H]3Cc4ccc(CO)c5c4[C@@]2(CCN3C)[C@H]1O5)C(=O)O[C@@H](C)C(=O)O[C@H](CC(=O)O)C(=O)O. The van der Waals surface area contributed by atoms with Gasteiger partial charge in [0, 0.05) is 23.6 Å². The maximum atomic E-state index is 13.4. The zero-order valence-electron chi connectivity index (χ0n) is 26.8. The molecule has 0 unspecified atom stereocenters. The lowest BCUT2D eigenvalue weighted by atomic mass is 9.50. The number of esters is 4. The lowest BCUT2D eigenvalue weighted by molar-refractivity contribution is -0.186. The van der Waals surface area contributed by atoms with Crippen molar-refractivity contribution in [1.82, 2.24) is 4.90 Å². The summed E-state index contributed by atoms with van der Waals surface area (Å²) in [6.45, 7) is 2.26. The second kappa shape index (κ2) is 13.4. The third-order valence-corrected chi connectivity index (χ3v) is 9.59. The minimum Gasteiger partial charge on any atom is -0.481 e. The molecule has 1 fully saturated rings. The number of hydrogen-bond donors (Lipinski definition) is 5. The summed E-state index contributed by atoms with van der Waals surface area (Å²) in [4.78, 5) is 75.3. The maximum Gasteiger partial charge on any atom is 0.348 e. The van der Waals surface area contributed by atoms with Crippen molar-refractivity contribution in [1.29, 1.82) is 0 Å². The van der Waals surface area contributed by atoms with Crippen LogP contribution in [0.2, 0.25) is 0 Å². The molecule has 0 radical (unpaired) electrons. The molecule has 8 atom stereocenters. The monoisotopic (exact) mass is 691 g/mol. The maximum absolute atomic E-state index is 13.4. The lowest BCUT2D eigenvalue weighted by Gasteiger charge is -2.61. The molecule has 2 aliphatic carbocycles.